The molecule has 108 valence electrons. The number of ether oxygens (including phenoxy) is 1. The van der Waals surface area contributed by atoms with Gasteiger partial charge in [0.2, 0.25) is 11.9 Å². The predicted octanol–water partition coefficient (Wildman–Crippen LogP) is 0.809. The number of anilines is 2. The van der Waals surface area contributed by atoms with Gasteiger partial charge in [0.1, 0.15) is 18.1 Å². The molecule has 1 aliphatic rings. The smallest absolute Gasteiger partial charge is 0.252 e. The third-order valence-corrected chi connectivity index (χ3v) is 3.14. The Balaban J connectivity index is 1.68. The van der Waals surface area contributed by atoms with E-state index in [9.17, 15) is 9.59 Å². The zero-order valence-corrected chi connectivity index (χ0v) is 11.2. The van der Waals surface area contributed by atoms with Crippen LogP contribution in [-0.2, 0) is 9.59 Å². The molecule has 1 atom stereocenters. The molecule has 8 heteroatoms. The van der Waals surface area contributed by atoms with Gasteiger partial charge < -0.3 is 10.1 Å². The highest BCUT2D eigenvalue weighted by Gasteiger charge is 2.33. The summed E-state index contributed by atoms with van der Waals surface area (Å²) in [4.78, 5) is 27.7. The quantitative estimate of drug-likeness (QED) is 0.867. The number of carbonyl (C=O) groups is 2. The number of amides is 2. The molecule has 8 nitrogen and oxygen atoms in total. The monoisotopic (exact) mass is 287 g/mol. The second-order valence-corrected chi connectivity index (χ2v) is 4.52. The van der Waals surface area contributed by atoms with Gasteiger partial charge in [-0.2, -0.15) is 10.1 Å². The SMILES string of the molecule is COc1cccc(NC(=O)CC2C(=O)Nc3ncnn32)c1. The van der Waals surface area contributed by atoms with E-state index in [-0.39, 0.29) is 18.2 Å². The Morgan fingerprint density at radius 3 is 3.19 bits per heavy atom. The molecular weight excluding hydrogens is 274 g/mol. The molecule has 1 aromatic carbocycles. The lowest BCUT2D eigenvalue weighted by Gasteiger charge is -2.10. The number of methoxy groups -OCH3 is 1. The van der Waals surface area contributed by atoms with Crippen LogP contribution >= 0.6 is 0 Å². The van der Waals surface area contributed by atoms with Gasteiger partial charge in [0.15, 0.2) is 0 Å². The van der Waals surface area contributed by atoms with Crippen molar-refractivity contribution < 1.29 is 14.3 Å². The van der Waals surface area contributed by atoms with Gasteiger partial charge in [-0.25, -0.2) is 4.68 Å². The van der Waals surface area contributed by atoms with Crippen molar-refractivity contribution in [3.63, 3.8) is 0 Å². The van der Waals surface area contributed by atoms with Crippen LogP contribution in [-0.4, -0.2) is 33.7 Å². The number of rotatable bonds is 4. The van der Waals surface area contributed by atoms with E-state index < -0.39 is 6.04 Å². The van der Waals surface area contributed by atoms with Crippen LogP contribution < -0.4 is 15.4 Å². The highest BCUT2D eigenvalue weighted by Crippen LogP contribution is 2.24. The number of nitrogens with zero attached hydrogens (tertiary/aromatic N) is 3. The number of nitrogens with one attached hydrogen (secondary N) is 2. The van der Waals surface area contributed by atoms with E-state index in [2.05, 4.69) is 20.7 Å². The molecule has 0 radical (unpaired) electrons. The summed E-state index contributed by atoms with van der Waals surface area (Å²) in [5.41, 5.74) is 0.608. The summed E-state index contributed by atoms with van der Waals surface area (Å²) in [7, 11) is 1.55. The fourth-order valence-corrected chi connectivity index (χ4v) is 2.14. The van der Waals surface area contributed by atoms with Crippen molar-refractivity contribution in [2.75, 3.05) is 17.7 Å². The largest absolute Gasteiger partial charge is 0.497 e. The zero-order chi connectivity index (χ0) is 14.8. The van der Waals surface area contributed by atoms with Crippen LogP contribution in [0.5, 0.6) is 5.75 Å². The van der Waals surface area contributed by atoms with Crippen LogP contribution in [0.4, 0.5) is 11.6 Å². The van der Waals surface area contributed by atoms with Crippen LogP contribution in [0.25, 0.3) is 0 Å². The predicted molar refractivity (Wildman–Crippen MR) is 73.9 cm³/mol. The molecule has 2 amide bonds. The van der Waals surface area contributed by atoms with Crippen molar-refractivity contribution in [3.05, 3.63) is 30.6 Å². The molecule has 21 heavy (non-hydrogen) atoms. The summed E-state index contributed by atoms with van der Waals surface area (Å²) < 4.78 is 6.50. The maximum absolute atomic E-state index is 12.1. The summed E-state index contributed by atoms with van der Waals surface area (Å²) in [6, 6.07) is 6.32. The summed E-state index contributed by atoms with van der Waals surface area (Å²) in [5.74, 6) is 0.433. The van der Waals surface area contributed by atoms with Crippen molar-refractivity contribution in [3.8, 4) is 5.75 Å². The molecule has 1 aliphatic heterocycles. The van der Waals surface area contributed by atoms with Crippen LogP contribution in [0.3, 0.4) is 0 Å². The second-order valence-electron chi connectivity index (χ2n) is 4.52. The molecule has 2 N–H and O–H groups in total. The number of hydrogen-bond donors (Lipinski definition) is 2. The van der Waals surface area contributed by atoms with Crippen LogP contribution in [0.15, 0.2) is 30.6 Å². The molecule has 3 rings (SSSR count). The Hall–Kier alpha value is -2.90. The lowest BCUT2D eigenvalue weighted by Crippen LogP contribution is -2.23. The minimum Gasteiger partial charge on any atom is -0.497 e. The van der Waals surface area contributed by atoms with Gasteiger partial charge in [-0.05, 0) is 12.1 Å². The Bertz CT molecular complexity index is 697. The molecule has 1 unspecified atom stereocenters. The maximum Gasteiger partial charge on any atom is 0.252 e. The van der Waals surface area contributed by atoms with E-state index in [1.54, 1.807) is 31.4 Å². The first-order chi connectivity index (χ1) is 10.2. The molecule has 0 bridgehead atoms. The van der Waals surface area contributed by atoms with Gasteiger partial charge in [0.05, 0.1) is 13.5 Å². The van der Waals surface area contributed by atoms with E-state index in [0.717, 1.165) is 0 Å². The highest BCUT2D eigenvalue weighted by molar-refractivity contribution is 6.00. The Kier molecular flexibility index (Phi) is 3.27. The number of hydrogen-bond acceptors (Lipinski definition) is 5. The Morgan fingerprint density at radius 2 is 2.38 bits per heavy atom. The highest BCUT2D eigenvalue weighted by atomic mass is 16.5. The van der Waals surface area contributed by atoms with Crippen LogP contribution in [0, 0.1) is 0 Å². The molecule has 2 heterocycles. The summed E-state index contributed by atoms with van der Waals surface area (Å²) >= 11 is 0. The van der Waals surface area contributed by atoms with E-state index >= 15 is 0 Å². The van der Waals surface area contributed by atoms with Crippen molar-refractivity contribution in [1.29, 1.82) is 0 Å². The fourth-order valence-electron chi connectivity index (χ4n) is 2.14. The van der Waals surface area contributed by atoms with E-state index in [0.29, 0.717) is 17.4 Å². The molecule has 0 aliphatic carbocycles. The standard InChI is InChI=1S/C13H13N5O3/c1-21-9-4-2-3-8(5-9)16-11(19)6-10-12(20)17-13-14-7-15-18(10)13/h2-5,7,10H,6H2,1H3,(H,16,19)(H,14,15,17,20). The first kappa shape index (κ1) is 13.1. The number of fused-ring (bicyclic) bond motifs is 1. The average Bonchev–Trinajstić information content (AvgIpc) is 3.02. The van der Waals surface area contributed by atoms with E-state index in [4.69, 9.17) is 4.74 Å². The molecular formula is C13H13N5O3. The first-order valence-corrected chi connectivity index (χ1v) is 6.31. The summed E-state index contributed by atoms with van der Waals surface area (Å²) in [6.45, 7) is 0. The molecule has 1 aromatic heterocycles. The summed E-state index contributed by atoms with van der Waals surface area (Å²) in [6.07, 6.45) is 1.32. The lowest BCUT2D eigenvalue weighted by molar-refractivity contribution is -0.123. The zero-order valence-electron chi connectivity index (χ0n) is 11.2. The van der Waals surface area contributed by atoms with E-state index in [1.807, 2.05) is 0 Å². The summed E-state index contributed by atoms with van der Waals surface area (Å²) in [5, 5.41) is 9.23. The van der Waals surface area contributed by atoms with Gasteiger partial charge in [-0.15, -0.1) is 0 Å². The number of aromatic nitrogens is 3. The van der Waals surface area contributed by atoms with E-state index in [1.165, 1.54) is 11.0 Å². The average molecular weight is 287 g/mol. The normalized spacial score (nSPS) is 16.2. The van der Waals surface area contributed by atoms with Crippen LogP contribution in [0.2, 0.25) is 0 Å². The van der Waals surface area contributed by atoms with Crippen molar-refractivity contribution in [2.45, 2.75) is 12.5 Å². The fraction of sp³-hybridized carbons (Fsp3) is 0.231. The third kappa shape index (κ3) is 2.55. The van der Waals surface area contributed by atoms with Gasteiger partial charge in [0.25, 0.3) is 5.91 Å². The minimum atomic E-state index is -0.673. The molecule has 0 spiro atoms. The molecule has 2 aromatic rings. The van der Waals surface area contributed by atoms with Crippen LogP contribution in [0.1, 0.15) is 12.5 Å². The maximum atomic E-state index is 12.1. The molecule has 0 saturated carbocycles. The third-order valence-electron chi connectivity index (χ3n) is 3.14. The minimum absolute atomic E-state index is 0.0145. The topological polar surface area (TPSA) is 98.1 Å². The molecule has 0 fully saturated rings. The van der Waals surface area contributed by atoms with Gasteiger partial charge in [0, 0.05) is 11.8 Å². The molecule has 0 saturated heterocycles. The Morgan fingerprint density at radius 1 is 1.52 bits per heavy atom. The first-order valence-electron chi connectivity index (χ1n) is 6.31. The number of carbonyl (C=O) groups excluding carboxylic acids is 2. The van der Waals surface area contributed by atoms with Gasteiger partial charge in [-0.1, -0.05) is 6.07 Å². The van der Waals surface area contributed by atoms with Crippen molar-refractivity contribution >= 4 is 23.5 Å². The van der Waals surface area contributed by atoms with Gasteiger partial charge in [-0.3, -0.25) is 14.9 Å². The Labute approximate surface area is 120 Å². The van der Waals surface area contributed by atoms with Crippen molar-refractivity contribution in [1.82, 2.24) is 14.8 Å². The second kappa shape index (κ2) is 5.23. The lowest BCUT2D eigenvalue weighted by atomic mass is 10.2. The van der Waals surface area contributed by atoms with Crippen molar-refractivity contribution in [2.24, 2.45) is 0 Å². The van der Waals surface area contributed by atoms with Gasteiger partial charge >= 0.3 is 0 Å². The number of benzene rings is 1.